The second kappa shape index (κ2) is 4.03. The molecule has 0 bridgehead atoms. The third-order valence-electron chi connectivity index (χ3n) is 3.26. The Balaban J connectivity index is 2.01. The maximum atomic E-state index is 12.5. The predicted octanol–water partition coefficient (Wildman–Crippen LogP) is 2.50. The van der Waals surface area contributed by atoms with Gasteiger partial charge in [-0.3, -0.25) is 9.20 Å². The number of fused-ring (bicyclic) bond motifs is 2. The second-order valence-electron chi connectivity index (χ2n) is 4.44. The van der Waals surface area contributed by atoms with Crippen LogP contribution in [-0.2, 0) is 0 Å². The van der Waals surface area contributed by atoms with Crippen molar-refractivity contribution in [3.8, 4) is 11.1 Å². The van der Waals surface area contributed by atoms with E-state index in [2.05, 4.69) is 9.97 Å². The molecule has 0 aliphatic rings. The summed E-state index contributed by atoms with van der Waals surface area (Å²) in [4.78, 5) is 20.8. The van der Waals surface area contributed by atoms with Gasteiger partial charge >= 0.3 is 0 Å². The van der Waals surface area contributed by atoms with E-state index in [0.29, 0.717) is 16.8 Å². The first-order valence-electron chi connectivity index (χ1n) is 6.13. The van der Waals surface area contributed by atoms with Crippen molar-refractivity contribution in [1.29, 1.82) is 0 Å². The van der Waals surface area contributed by atoms with Crippen LogP contribution in [0.2, 0.25) is 0 Å². The summed E-state index contributed by atoms with van der Waals surface area (Å²) in [5.41, 5.74) is 3.25. The van der Waals surface area contributed by atoms with Gasteiger partial charge in [0.05, 0.1) is 5.56 Å². The van der Waals surface area contributed by atoms with Crippen molar-refractivity contribution in [2.45, 2.75) is 0 Å². The van der Waals surface area contributed by atoms with E-state index in [1.165, 1.54) is 10.8 Å². The molecule has 3 heterocycles. The van der Waals surface area contributed by atoms with E-state index < -0.39 is 0 Å². The Morgan fingerprint density at radius 3 is 3.00 bits per heavy atom. The first-order chi connectivity index (χ1) is 9.83. The monoisotopic (exact) mass is 263 g/mol. The third kappa shape index (κ3) is 1.53. The van der Waals surface area contributed by atoms with Gasteiger partial charge in [0.2, 0.25) is 0 Å². The lowest BCUT2D eigenvalue weighted by Gasteiger charge is -2.03. The molecular formula is C15H9N3O2. The first-order valence-corrected chi connectivity index (χ1v) is 6.13. The summed E-state index contributed by atoms with van der Waals surface area (Å²) >= 11 is 0. The zero-order valence-electron chi connectivity index (χ0n) is 10.4. The molecule has 4 aromatic rings. The highest BCUT2D eigenvalue weighted by Gasteiger charge is 2.08. The summed E-state index contributed by atoms with van der Waals surface area (Å²) in [6, 6.07) is 10.9. The van der Waals surface area contributed by atoms with E-state index >= 15 is 0 Å². The van der Waals surface area contributed by atoms with Crippen LogP contribution >= 0.6 is 0 Å². The van der Waals surface area contributed by atoms with Crippen molar-refractivity contribution >= 4 is 16.7 Å². The smallest absolute Gasteiger partial charge is 0.265 e. The molecule has 5 heteroatoms. The molecule has 0 unspecified atom stereocenters. The highest BCUT2D eigenvalue weighted by Crippen LogP contribution is 2.21. The van der Waals surface area contributed by atoms with Crippen molar-refractivity contribution in [2.75, 3.05) is 0 Å². The van der Waals surface area contributed by atoms with E-state index in [4.69, 9.17) is 4.42 Å². The van der Waals surface area contributed by atoms with Crippen molar-refractivity contribution < 1.29 is 4.42 Å². The molecule has 0 aliphatic heterocycles. The number of benzene rings is 1. The molecule has 96 valence electrons. The summed E-state index contributed by atoms with van der Waals surface area (Å²) in [5, 5.41) is 0. The van der Waals surface area contributed by atoms with Gasteiger partial charge in [-0.1, -0.05) is 12.1 Å². The molecule has 0 atom stereocenters. The van der Waals surface area contributed by atoms with Gasteiger partial charge in [-0.15, -0.1) is 0 Å². The van der Waals surface area contributed by atoms with E-state index in [0.717, 1.165) is 11.1 Å². The molecule has 0 spiro atoms. The largest absolute Gasteiger partial charge is 0.443 e. The topological polar surface area (TPSA) is 60.4 Å². The quantitative estimate of drug-likeness (QED) is 0.529. The van der Waals surface area contributed by atoms with E-state index in [1.807, 2.05) is 18.2 Å². The van der Waals surface area contributed by atoms with E-state index in [1.54, 1.807) is 30.6 Å². The molecular weight excluding hydrogens is 254 g/mol. The fourth-order valence-corrected chi connectivity index (χ4v) is 2.25. The molecule has 4 rings (SSSR count). The number of pyridine rings is 1. The first kappa shape index (κ1) is 10.9. The summed E-state index contributed by atoms with van der Waals surface area (Å²) in [7, 11) is 0. The van der Waals surface area contributed by atoms with Crippen LogP contribution in [0.15, 0.2) is 64.4 Å². The lowest BCUT2D eigenvalue weighted by atomic mass is 10.1. The number of nitrogens with zero attached hydrogens (tertiary/aromatic N) is 3. The standard InChI is InChI=1S/C15H9N3O2/c19-15-11(8-16-14-3-1-2-6-18(14)15)10-4-5-12-13(7-10)20-9-17-12/h1-9H. The Bertz CT molecular complexity index is 985. The van der Waals surface area contributed by atoms with Crippen LogP contribution in [0.4, 0.5) is 0 Å². The van der Waals surface area contributed by atoms with Gasteiger partial charge in [0.15, 0.2) is 12.0 Å². The maximum absolute atomic E-state index is 12.5. The van der Waals surface area contributed by atoms with Gasteiger partial charge in [-0.05, 0) is 29.8 Å². The summed E-state index contributed by atoms with van der Waals surface area (Å²) in [5.74, 6) is 0. The van der Waals surface area contributed by atoms with Crippen LogP contribution in [0.3, 0.4) is 0 Å². The third-order valence-corrected chi connectivity index (χ3v) is 3.26. The molecule has 0 amide bonds. The fourth-order valence-electron chi connectivity index (χ4n) is 2.25. The van der Waals surface area contributed by atoms with Crippen molar-refractivity contribution in [3.05, 3.63) is 65.5 Å². The highest BCUT2D eigenvalue weighted by molar-refractivity contribution is 5.79. The summed E-state index contributed by atoms with van der Waals surface area (Å²) < 4.78 is 6.79. The number of aromatic nitrogens is 3. The van der Waals surface area contributed by atoms with Crippen LogP contribution in [0.25, 0.3) is 27.9 Å². The molecule has 5 nitrogen and oxygen atoms in total. The van der Waals surface area contributed by atoms with Gasteiger partial charge in [0.1, 0.15) is 11.2 Å². The van der Waals surface area contributed by atoms with E-state index in [9.17, 15) is 4.79 Å². The van der Waals surface area contributed by atoms with Crippen LogP contribution < -0.4 is 5.56 Å². The lowest BCUT2D eigenvalue weighted by Crippen LogP contribution is -2.16. The summed E-state index contributed by atoms with van der Waals surface area (Å²) in [6.45, 7) is 0. The normalized spacial score (nSPS) is 11.2. The van der Waals surface area contributed by atoms with Gasteiger partial charge in [0, 0.05) is 12.4 Å². The average Bonchev–Trinajstić information content (AvgIpc) is 2.95. The van der Waals surface area contributed by atoms with Gasteiger partial charge in [-0.25, -0.2) is 9.97 Å². The lowest BCUT2D eigenvalue weighted by molar-refractivity contribution is 0.602. The van der Waals surface area contributed by atoms with Gasteiger partial charge in [0.25, 0.3) is 5.56 Å². The minimum atomic E-state index is -0.102. The SMILES string of the molecule is O=c1c(-c2ccc3ncoc3c2)cnc2ccccn12. The Labute approximate surface area is 113 Å². The van der Waals surface area contributed by atoms with Crippen molar-refractivity contribution in [2.24, 2.45) is 0 Å². The number of oxazole rings is 1. The van der Waals surface area contributed by atoms with Crippen LogP contribution in [0, 0.1) is 0 Å². The molecule has 20 heavy (non-hydrogen) atoms. The number of hydrogen-bond donors (Lipinski definition) is 0. The molecule has 0 saturated carbocycles. The molecule has 0 N–H and O–H groups in total. The second-order valence-corrected chi connectivity index (χ2v) is 4.44. The molecule has 0 fully saturated rings. The van der Waals surface area contributed by atoms with Crippen LogP contribution in [0.1, 0.15) is 0 Å². The van der Waals surface area contributed by atoms with E-state index in [-0.39, 0.29) is 5.56 Å². The zero-order chi connectivity index (χ0) is 13.5. The van der Waals surface area contributed by atoms with Crippen molar-refractivity contribution in [3.63, 3.8) is 0 Å². The molecule has 0 aliphatic carbocycles. The number of hydrogen-bond acceptors (Lipinski definition) is 4. The summed E-state index contributed by atoms with van der Waals surface area (Å²) in [6.07, 6.45) is 4.69. The molecule has 0 saturated heterocycles. The minimum Gasteiger partial charge on any atom is -0.443 e. The Kier molecular flexibility index (Phi) is 2.20. The van der Waals surface area contributed by atoms with Gasteiger partial charge < -0.3 is 4.42 Å². The Morgan fingerprint density at radius 1 is 1.10 bits per heavy atom. The van der Waals surface area contributed by atoms with Crippen LogP contribution in [0.5, 0.6) is 0 Å². The zero-order valence-corrected chi connectivity index (χ0v) is 10.4. The van der Waals surface area contributed by atoms with Gasteiger partial charge in [-0.2, -0.15) is 0 Å². The molecule has 3 aromatic heterocycles. The number of rotatable bonds is 1. The highest BCUT2D eigenvalue weighted by atomic mass is 16.3. The van der Waals surface area contributed by atoms with Crippen LogP contribution in [-0.4, -0.2) is 14.4 Å². The Morgan fingerprint density at radius 2 is 2.05 bits per heavy atom. The van der Waals surface area contributed by atoms with Crippen molar-refractivity contribution in [1.82, 2.24) is 14.4 Å². The maximum Gasteiger partial charge on any atom is 0.265 e. The average molecular weight is 263 g/mol. The fraction of sp³-hybridized carbons (Fsp3) is 0. The molecule has 0 radical (unpaired) electrons. The minimum absolute atomic E-state index is 0.102. The Hall–Kier alpha value is -2.95. The predicted molar refractivity (Wildman–Crippen MR) is 74.5 cm³/mol. The molecule has 1 aromatic carbocycles.